The molecule has 0 saturated heterocycles. The van der Waals surface area contributed by atoms with E-state index in [0.717, 1.165) is 14.2 Å². The van der Waals surface area contributed by atoms with Gasteiger partial charge in [0.25, 0.3) is 0 Å². The lowest BCUT2D eigenvalue weighted by Gasteiger charge is -2.30. The van der Waals surface area contributed by atoms with Crippen LogP contribution < -0.4 is 0 Å². The Labute approximate surface area is 198 Å². The van der Waals surface area contributed by atoms with Gasteiger partial charge in [-0.1, -0.05) is 44.5 Å². The maximum atomic E-state index is 12.6. The molecule has 0 fully saturated rings. The van der Waals surface area contributed by atoms with Crippen LogP contribution in [0, 0.1) is 16.2 Å². The fourth-order valence-electron chi connectivity index (χ4n) is 3.26. The minimum atomic E-state index is -2.22. The van der Waals surface area contributed by atoms with E-state index in [2.05, 4.69) is 15.3 Å². The molecule has 0 radical (unpaired) electrons. The molecular weight excluding hydrogens is 450 g/mol. The average Bonchev–Trinajstić information content (AvgIpc) is 2.78. The Morgan fingerprint density at radius 3 is 1.94 bits per heavy atom. The highest BCUT2D eigenvalue weighted by Gasteiger charge is 2.47. The van der Waals surface area contributed by atoms with E-state index in [1.165, 1.54) is 12.1 Å². The van der Waals surface area contributed by atoms with E-state index in [1.54, 1.807) is 46.8 Å². The fourth-order valence-corrected chi connectivity index (χ4v) is 3.55. The second kappa shape index (κ2) is 10.8. The summed E-state index contributed by atoms with van der Waals surface area (Å²) >= 11 is 6.22. The molecule has 33 heavy (non-hydrogen) atoms. The quantitative estimate of drug-likeness (QED) is 0.188. The first-order chi connectivity index (χ1) is 15.1. The highest BCUT2D eigenvalue weighted by Crippen LogP contribution is 2.32. The Kier molecular flexibility index (Phi) is 9.16. The third-order valence-electron chi connectivity index (χ3n) is 4.90. The van der Waals surface area contributed by atoms with Crippen molar-refractivity contribution in [3.8, 4) is 0 Å². The van der Waals surface area contributed by atoms with E-state index in [0.29, 0.717) is 5.56 Å². The van der Waals surface area contributed by atoms with Gasteiger partial charge in [-0.15, -0.1) is 0 Å². The van der Waals surface area contributed by atoms with Gasteiger partial charge in [0.2, 0.25) is 4.87 Å². The van der Waals surface area contributed by atoms with Crippen LogP contribution in [0.25, 0.3) is 5.57 Å². The first kappa shape index (κ1) is 28.1. The SMILES string of the molecule is COC(=O)C(Cl)(CC(=C=N)c1cccc(C(=O)OCC(C)(C)C(=O)C(C)(C)C)c1)C(=O)OC. The lowest BCUT2D eigenvalue weighted by molar-refractivity contribution is -0.156. The van der Waals surface area contributed by atoms with Gasteiger partial charge in [-0.2, -0.15) is 0 Å². The lowest BCUT2D eigenvalue weighted by Crippen LogP contribution is -2.43. The predicted molar refractivity (Wildman–Crippen MR) is 123 cm³/mol. The molecular formula is C24H30ClNO7. The van der Waals surface area contributed by atoms with Crippen LogP contribution in [0.15, 0.2) is 24.3 Å². The number of allylic oxidation sites excluding steroid dienone is 1. The highest BCUT2D eigenvalue weighted by atomic mass is 35.5. The van der Waals surface area contributed by atoms with Gasteiger partial charge < -0.3 is 14.2 Å². The largest absolute Gasteiger partial charge is 0.467 e. The van der Waals surface area contributed by atoms with Gasteiger partial charge in [0.1, 0.15) is 12.4 Å². The Hall–Kier alpha value is -2.96. The molecule has 1 rings (SSSR count). The van der Waals surface area contributed by atoms with Crippen LogP contribution >= 0.6 is 11.6 Å². The molecule has 1 aromatic rings. The molecule has 0 saturated carbocycles. The number of nitrogens with one attached hydrogen (secondary N) is 1. The van der Waals surface area contributed by atoms with Crippen molar-refractivity contribution < 1.29 is 33.4 Å². The maximum absolute atomic E-state index is 12.6. The molecule has 0 aliphatic heterocycles. The number of alkyl halides is 1. The summed E-state index contributed by atoms with van der Waals surface area (Å²) in [4.78, 5) is 47.3. The van der Waals surface area contributed by atoms with Crippen molar-refractivity contribution in [3.05, 3.63) is 35.4 Å². The number of esters is 3. The van der Waals surface area contributed by atoms with E-state index >= 15 is 0 Å². The first-order valence-electron chi connectivity index (χ1n) is 10.1. The van der Waals surface area contributed by atoms with Crippen molar-refractivity contribution in [2.45, 2.75) is 45.9 Å². The number of ketones is 1. The fraction of sp³-hybridized carbons (Fsp3) is 0.500. The molecule has 0 aliphatic rings. The smallest absolute Gasteiger partial charge is 0.338 e. The van der Waals surface area contributed by atoms with Crippen LogP contribution in [0.5, 0.6) is 0 Å². The van der Waals surface area contributed by atoms with Gasteiger partial charge in [0.15, 0.2) is 0 Å². The Morgan fingerprint density at radius 1 is 0.970 bits per heavy atom. The van der Waals surface area contributed by atoms with E-state index < -0.39 is 40.0 Å². The molecule has 0 heterocycles. The van der Waals surface area contributed by atoms with E-state index in [4.69, 9.17) is 21.7 Å². The summed E-state index contributed by atoms with van der Waals surface area (Å²) in [6, 6.07) is 6.03. The van der Waals surface area contributed by atoms with Gasteiger partial charge in [-0.05, 0) is 37.4 Å². The number of methoxy groups -OCH3 is 2. The van der Waals surface area contributed by atoms with Gasteiger partial charge in [-0.3, -0.25) is 10.2 Å². The number of benzene rings is 1. The van der Waals surface area contributed by atoms with E-state index in [1.807, 2.05) is 0 Å². The topological polar surface area (TPSA) is 120 Å². The summed E-state index contributed by atoms with van der Waals surface area (Å²) in [7, 11) is 2.14. The summed E-state index contributed by atoms with van der Waals surface area (Å²) < 4.78 is 14.6. The van der Waals surface area contributed by atoms with Crippen molar-refractivity contribution in [3.63, 3.8) is 0 Å². The van der Waals surface area contributed by atoms with Crippen LogP contribution in [0.1, 0.15) is 57.0 Å². The summed E-state index contributed by atoms with van der Waals surface area (Å²) in [6.45, 7) is 8.70. The van der Waals surface area contributed by atoms with Crippen molar-refractivity contribution >= 4 is 46.7 Å². The van der Waals surface area contributed by atoms with Crippen molar-refractivity contribution in [2.75, 3.05) is 20.8 Å². The van der Waals surface area contributed by atoms with Crippen molar-refractivity contribution in [1.82, 2.24) is 0 Å². The average molecular weight is 480 g/mol. The van der Waals surface area contributed by atoms with E-state index in [-0.39, 0.29) is 23.5 Å². The van der Waals surface area contributed by atoms with E-state index in [9.17, 15) is 19.2 Å². The first-order valence-corrected chi connectivity index (χ1v) is 10.5. The number of hydrogen-bond acceptors (Lipinski definition) is 8. The number of hydrogen-bond donors (Lipinski definition) is 1. The standard InChI is InChI=1S/C24H30ClNO7/c1-22(2,3)19(28)23(4,5)14-33-18(27)16-10-8-9-15(11-16)17(13-26)12-24(25,20(29)31-6)21(30)32-7/h8-11,26H,12,14H2,1-7H3. The Bertz CT molecular complexity index is 969. The van der Waals surface area contributed by atoms with Gasteiger partial charge in [0.05, 0.1) is 25.2 Å². The minimum Gasteiger partial charge on any atom is -0.467 e. The zero-order valence-corrected chi connectivity index (χ0v) is 20.7. The molecule has 0 aromatic heterocycles. The summed E-state index contributed by atoms with van der Waals surface area (Å²) in [5.74, 6) is -0.665. The summed E-state index contributed by atoms with van der Waals surface area (Å²) in [5, 5.41) is 7.62. The molecule has 0 bridgehead atoms. The molecule has 8 nitrogen and oxygen atoms in total. The lowest BCUT2D eigenvalue weighted by atomic mass is 9.75. The molecule has 0 atom stereocenters. The van der Waals surface area contributed by atoms with Gasteiger partial charge in [0, 0.05) is 17.4 Å². The van der Waals surface area contributed by atoms with Crippen molar-refractivity contribution in [2.24, 2.45) is 10.8 Å². The van der Waals surface area contributed by atoms with Crippen LogP contribution in [0.4, 0.5) is 0 Å². The Balaban J connectivity index is 3.14. The monoisotopic (exact) mass is 479 g/mol. The van der Waals surface area contributed by atoms with Gasteiger partial charge in [-0.25, -0.2) is 14.4 Å². The third-order valence-corrected chi connectivity index (χ3v) is 5.34. The molecule has 1 N–H and O–H groups in total. The number of ether oxygens (including phenoxy) is 3. The van der Waals surface area contributed by atoms with Crippen LogP contribution in [-0.4, -0.2) is 55.3 Å². The number of Topliss-reactive ketones (excluding diaryl/α,β-unsaturated/α-hetero) is 1. The Morgan fingerprint density at radius 2 is 1.48 bits per heavy atom. The van der Waals surface area contributed by atoms with Crippen LogP contribution in [0.3, 0.4) is 0 Å². The zero-order chi connectivity index (χ0) is 25.6. The third kappa shape index (κ3) is 6.76. The molecule has 180 valence electrons. The molecule has 0 spiro atoms. The zero-order valence-electron chi connectivity index (χ0n) is 20.0. The van der Waals surface area contributed by atoms with Crippen LogP contribution in [-0.2, 0) is 28.6 Å². The molecule has 0 amide bonds. The number of carbonyl (C=O) groups is 4. The maximum Gasteiger partial charge on any atom is 0.338 e. The molecule has 1 aromatic carbocycles. The molecule has 0 aliphatic carbocycles. The second-order valence-electron chi connectivity index (χ2n) is 9.18. The molecule has 0 unspecified atom stereocenters. The number of carbonyl (C=O) groups excluding carboxylic acids is 4. The normalized spacial score (nSPS) is 11.8. The second-order valence-corrected chi connectivity index (χ2v) is 9.83. The summed E-state index contributed by atoms with van der Waals surface area (Å²) in [6.07, 6.45) is -0.455. The number of halogens is 1. The predicted octanol–water partition coefficient (Wildman–Crippen LogP) is 3.83. The highest BCUT2D eigenvalue weighted by molar-refractivity contribution is 6.45. The van der Waals surface area contributed by atoms with Gasteiger partial charge >= 0.3 is 17.9 Å². The minimum absolute atomic E-state index is 0.0466. The summed E-state index contributed by atoms with van der Waals surface area (Å²) in [5.41, 5.74) is -0.936. The van der Waals surface area contributed by atoms with Crippen LogP contribution in [0.2, 0.25) is 0 Å². The van der Waals surface area contributed by atoms with Crippen molar-refractivity contribution in [1.29, 1.82) is 5.41 Å². The molecule has 9 heteroatoms. The number of rotatable bonds is 9.